The molecule has 0 saturated carbocycles. The molecular formula is C14H19NO. The Morgan fingerprint density at radius 1 is 1.38 bits per heavy atom. The van der Waals surface area contributed by atoms with Crippen molar-refractivity contribution in [1.29, 1.82) is 0 Å². The van der Waals surface area contributed by atoms with Crippen LogP contribution in [-0.4, -0.2) is 23.8 Å². The summed E-state index contributed by atoms with van der Waals surface area (Å²) in [5.41, 5.74) is 1.83. The summed E-state index contributed by atoms with van der Waals surface area (Å²) in [6.07, 6.45) is 0. The van der Waals surface area contributed by atoms with Gasteiger partial charge in [-0.3, -0.25) is 9.69 Å². The highest BCUT2D eigenvalue weighted by Gasteiger charge is 2.18. The lowest BCUT2D eigenvalue weighted by Gasteiger charge is -2.23. The van der Waals surface area contributed by atoms with Gasteiger partial charge in [-0.15, -0.1) is 0 Å². The van der Waals surface area contributed by atoms with Crippen molar-refractivity contribution in [3.8, 4) is 0 Å². The molecule has 1 atom stereocenters. The third-order valence-corrected chi connectivity index (χ3v) is 2.74. The number of ketones is 1. The monoisotopic (exact) mass is 217 g/mol. The topological polar surface area (TPSA) is 20.3 Å². The fourth-order valence-electron chi connectivity index (χ4n) is 1.57. The lowest BCUT2D eigenvalue weighted by Crippen LogP contribution is -2.35. The Morgan fingerprint density at radius 2 is 1.94 bits per heavy atom. The van der Waals surface area contributed by atoms with Crippen LogP contribution in [0.5, 0.6) is 0 Å². The first-order valence-corrected chi connectivity index (χ1v) is 5.46. The van der Waals surface area contributed by atoms with Crippen LogP contribution in [0, 0.1) is 0 Å². The number of hydrogen-bond acceptors (Lipinski definition) is 2. The third kappa shape index (κ3) is 3.31. The largest absolute Gasteiger partial charge is 0.293 e. The summed E-state index contributed by atoms with van der Waals surface area (Å²) < 4.78 is 0. The van der Waals surface area contributed by atoms with Gasteiger partial charge in [-0.2, -0.15) is 0 Å². The Morgan fingerprint density at radius 3 is 2.44 bits per heavy atom. The number of likely N-dealkylation sites (N-methyl/N-ethyl adjacent to an activating group) is 1. The molecule has 1 unspecified atom stereocenters. The number of nitrogens with zero attached hydrogens (tertiary/aromatic N) is 1. The normalized spacial score (nSPS) is 12.5. The van der Waals surface area contributed by atoms with Gasteiger partial charge < -0.3 is 0 Å². The Labute approximate surface area is 97.6 Å². The fraction of sp³-hybridized carbons (Fsp3) is 0.357. The van der Waals surface area contributed by atoms with E-state index in [4.69, 9.17) is 0 Å². The van der Waals surface area contributed by atoms with Crippen LogP contribution in [0.3, 0.4) is 0 Å². The Kier molecular flexibility index (Phi) is 4.44. The average Bonchev–Trinajstić information content (AvgIpc) is 2.28. The molecule has 0 aliphatic heterocycles. The van der Waals surface area contributed by atoms with Crippen molar-refractivity contribution < 1.29 is 4.79 Å². The Bertz CT molecular complexity index is 370. The molecule has 1 aromatic rings. The minimum Gasteiger partial charge on any atom is -0.293 e. The van der Waals surface area contributed by atoms with Crippen LogP contribution in [0.2, 0.25) is 0 Å². The number of benzene rings is 1. The number of rotatable bonds is 5. The van der Waals surface area contributed by atoms with Crippen molar-refractivity contribution in [2.75, 3.05) is 7.05 Å². The van der Waals surface area contributed by atoms with Gasteiger partial charge in [-0.1, -0.05) is 36.9 Å². The van der Waals surface area contributed by atoms with Crippen LogP contribution in [-0.2, 0) is 11.3 Å². The lowest BCUT2D eigenvalue weighted by molar-refractivity contribution is -0.119. The maximum atomic E-state index is 11.7. The summed E-state index contributed by atoms with van der Waals surface area (Å²) >= 11 is 0. The Hall–Kier alpha value is -1.41. The van der Waals surface area contributed by atoms with Gasteiger partial charge in [0.25, 0.3) is 0 Å². The van der Waals surface area contributed by atoms with Crippen LogP contribution in [0.15, 0.2) is 42.5 Å². The summed E-state index contributed by atoms with van der Waals surface area (Å²) in [5, 5.41) is 0. The van der Waals surface area contributed by atoms with E-state index >= 15 is 0 Å². The summed E-state index contributed by atoms with van der Waals surface area (Å²) in [6.45, 7) is 8.14. The van der Waals surface area contributed by atoms with Crippen LogP contribution in [0.25, 0.3) is 0 Å². The maximum Gasteiger partial charge on any atom is 0.174 e. The first-order chi connectivity index (χ1) is 7.52. The second-order valence-electron chi connectivity index (χ2n) is 4.22. The second-order valence-corrected chi connectivity index (χ2v) is 4.22. The summed E-state index contributed by atoms with van der Waals surface area (Å²) in [6, 6.07) is 10.0. The molecular weight excluding hydrogens is 198 g/mol. The molecule has 1 aromatic carbocycles. The van der Waals surface area contributed by atoms with Gasteiger partial charge in [-0.25, -0.2) is 0 Å². The molecule has 2 heteroatoms. The van der Waals surface area contributed by atoms with Crippen LogP contribution >= 0.6 is 0 Å². The molecule has 0 aliphatic carbocycles. The SMILES string of the molecule is C=C(C)C(=O)C(C)N(C)Cc1ccccc1. The number of carbonyl (C=O) groups excluding carboxylic acids is 1. The highest BCUT2D eigenvalue weighted by molar-refractivity contribution is 5.98. The van der Waals surface area contributed by atoms with E-state index in [9.17, 15) is 4.79 Å². The van der Waals surface area contributed by atoms with Crippen LogP contribution in [0.4, 0.5) is 0 Å². The maximum absolute atomic E-state index is 11.7. The van der Waals surface area contributed by atoms with E-state index < -0.39 is 0 Å². The molecule has 0 fully saturated rings. The van der Waals surface area contributed by atoms with Gasteiger partial charge in [-0.05, 0) is 32.0 Å². The molecule has 0 heterocycles. The molecule has 86 valence electrons. The van der Waals surface area contributed by atoms with E-state index in [1.807, 2.05) is 37.1 Å². The van der Waals surface area contributed by atoms with Crippen molar-refractivity contribution in [1.82, 2.24) is 4.90 Å². The highest BCUT2D eigenvalue weighted by Crippen LogP contribution is 2.08. The quantitative estimate of drug-likeness (QED) is 0.707. The summed E-state index contributed by atoms with van der Waals surface area (Å²) in [5.74, 6) is 0.110. The second kappa shape index (κ2) is 5.61. The van der Waals surface area contributed by atoms with E-state index in [2.05, 4.69) is 18.7 Å². The molecule has 0 radical (unpaired) electrons. The van der Waals surface area contributed by atoms with E-state index in [0.717, 1.165) is 6.54 Å². The van der Waals surface area contributed by atoms with E-state index in [0.29, 0.717) is 5.57 Å². The molecule has 0 aromatic heterocycles. The zero-order valence-corrected chi connectivity index (χ0v) is 10.2. The molecule has 0 saturated heterocycles. The van der Waals surface area contributed by atoms with Gasteiger partial charge in [0.1, 0.15) is 0 Å². The minimum atomic E-state index is -0.113. The highest BCUT2D eigenvalue weighted by atomic mass is 16.1. The number of Topliss-reactive ketones (excluding diaryl/α,β-unsaturated/α-hetero) is 1. The van der Waals surface area contributed by atoms with Crippen molar-refractivity contribution >= 4 is 5.78 Å². The number of hydrogen-bond donors (Lipinski definition) is 0. The first kappa shape index (κ1) is 12.7. The van der Waals surface area contributed by atoms with Gasteiger partial charge >= 0.3 is 0 Å². The van der Waals surface area contributed by atoms with Gasteiger partial charge in [0.15, 0.2) is 5.78 Å². The van der Waals surface area contributed by atoms with Crippen molar-refractivity contribution in [2.45, 2.75) is 26.4 Å². The molecule has 0 amide bonds. The number of carbonyl (C=O) groups is 1. The van der Waals surface area contributed by atoms with Gasteiger partial charge in [0.05, 0.1) is 6.04 Å². The summed E-state index contributed by atoms with van der Waals surface area (Å²) in [7, 11) is 1.96. The lowest BCUT2D eigenvalue weighted by atomic mass is 10.1. The molecule has 0 bridgehead atoms. The van der Waals surface area contributed by atoms with E-state index in [1.165, 1.54) is 5.56 Å². The zero-order valence-electron chi connectivity index (χ0n) is 10.2. The molecule has 16 heavy (non-hydrogen) atoms. The first-order valence-electron chi connectivity index (χ1n) is 5.46. The van der Waals surface area contributed by atoms with Crippen molar-refractivity contribution in [3.63, 3.8) is 0 Å². The van der Waals surface area contributed by atoms with Gasteiger partial charge in [0.2, 0.25) is 0 Å². The van der Waals surface area contributed by atoms with Gasteiger partial charge in [0, 0.05) is 6.54 Å². The Balaban J connectivity index is 2.62. The third-order valence-electron chi connectivity index (χ3n) is 2.74. The van der Waals surface area contributed by atoms with E-state index in [-0.39, 0.29) is 11.8 Å². The fourth-order valence-corrected chi connectivity index (χ4v) is 1.57. The van der Waals surface area contributed by atoms with Crippen LogP contribution in [0.1, 0.15) is 19.4 Å². The molecule has 1 rings (SSSR count). The van der Waals surface area contributed by atoms with E-state index in [1.54, 1.807) is 6.92 Å². The minimum absolute atomic E-state index is 0.110. The standard InChI is InChI=1S/C14H19NO/c1-11(2)14(16)12(3)15(4)10-13-8-6-5-7-9-13/h5-9,12H,1,10H2,2-4H3. The summed E-state index contributed by atoms with van der Waals surface area (Å²) in [4.78, 5) is 13.8. The smallest absolute Gasteiger partial charge is 0.174 e. The van der Waals surface area contributed by atoms with Crippen molar-refractivity contribution in [3.05, 3.63) is 48.0 Å². The van der Waals surface area contributed by atoms with Crippen LogP contribution < -0.4 is 0 Å². The zero-order chi connectivity index (χ0) is 12.1. The molecule has 0 aliphatic rings. The predicted molar refractivity (Wildman–Crippen MR) is 67.2 cm³/mol. The average molecular weight is 217 g/mol. The van der Waals surface area contributed by atoms with Crippen molar-refractivity contribution in [2.24, 2.45) is 0 Å². The molecule has 0 N–H and O–H groups in total. The molecule has 0 spiro atoms. The predicted octanol–water partition coefficient (Wildman–Crippen LogP) is 2.65. The molecule has 2 nitrogen and oxygen atoms in total.